The van der Waals surface area contributed by atoms with Crippen molar-refractivity contribution in [2.24, 2.45) is 5.92 Å². The molecule has 2 rings (SSSR count). The van der Waals surface area contributed by atoms with Crippen molar-refractivity contribution in [3.8, 4) is 0 Å². The fourth-order valence-corrected chi connectivity index (χ4v) is 1.94. The second kappa shape index (κ2) is 5.82. The molecule has 1 saturated carbocycles. The van der Waals surface area contributed by atoms with Crippen molar-refractivity contribution in [3.05, 3.63) is 29.8 Å². The first-order valence-electron chi connectivity index (χ1n) is 6.40. The van der Waals surface area contributed by atoms with Gasteiger partial charge in [0.15, 0.2) is 0 Å². The SMILES string of the molecule is CCNCc1cccc(NC(=O)C2CCC2)c1. The van der Waals surface area contributed by atoms with Gasteiger partial charge in [-0.25, -0.2) is 0 Å². The minimum absolute atomic E-state index is 0.178. The van der Waals surface area contributed by atoms with Gasteiger partial charge in [-0.2, -0.15) is 0 Å². The molecule has 2 N–H and O–H groups in total. The molecule has 0 unspecified atom stereocenters. The Bertz CT molecular complexity index is 386. The van der Waals surface area contributed by atoms with Gasteiger partial charge in [0, 0.05) is 18.2 Å². The van der Waals surface area contributed by atoms with Crippen LogP contribution in [0.15, 0.2) is 24.3 Å². The highest BCUT2D eigenvalue weighted by atomic mass is 16.1. The summed E-state index contributed by atoms with van der Waals surface area (Å²) in [4.78, 5) is 11.8. The zero-order valence-electron chi connectivity index (χ0n) is 10.3. The highest BCUT2D eigenvalue weighted by Gasteiger charge is 2.24. The lowest BCUT2D eigenvalue weighted by Crippen LogP contribution is -2.28. The molecule has 1 aliphatic rings. The molecule has 0 heterocycles. The first-order chi connectivity index (χ1) is 8.29. The number of carbonyl (C=O) groups is 1. The lowest BCUT2D eigenvalue weighted by Gasteiger charge is -2.24. The predicted molar refractivity (Wildman–Crippen MR) is 69.8 cm³/mol. The van der Waals surface area contributed by atoms with Crippen molar-refractivity contribution in [2.75, 3.05) is 11.9 Å². The van der Waals surface area contributed by atoms with Gasteiger partial charge in [0.25, 0.3) is 0 Å². The number of anilines is 1. The Hall–Kier alpha value is -1.35. The summed E-state index contributed by atoms with van der Waals surface area (Å²) in [5.41, 5.74) is 2.12. The molecule has 0 aromatic heterocycles. The van der Waals surface area contributed by atoms with Crippen molar-refractivity contribution >= 4 is 11.6 Å². The third-order valence-electron chi connectivity index (χ3n) is 3.25. The number of benzene rings is 1. The van der Waals surface area contributed by atoms with Gasteiger partial charge in [-0.3, -0.25) is 4.79 Å². The molecule has 92 valence electrons. The maximum atomic E-state index is 11.8. The van der Waals surface area contributed by atoms with Gasteiger partial charge >= 0.3 is 0 Å². The Balaban J connectivity index is 1.93. The van der Waals surface area contributed by atoms with Crippen LogP contribution in [-0.2, 0) is 11.3 Å². The summed E-state index contributed by atoms with van der Waals surface area (Å²) in [6.45, 7) is 3.89. The van der Waals surface area contributed by atoms with E-state index in [1.54, 1.807) is 0 Å². The van der Waals surface area contributed by atoms with E-state index in [1.807, 2.05) is 18.2 Å². The Morgan fingerprint density at radius 3 is 2.88 bits per heavy atom. The van der Waals surface area contributed by atoms with Gasteiger partial charge in [-0.05, 0) is 37.1 Å². The molecule has 1 aliphatic carbocycles. The molecule has 1 aromatic rings. The molecule has 0 bridgehead atoms. The summed E-state index contributed by atoms with van der Waals surface area (Å²) >= 11 is 0. The fraction of sp³-hybridized carbons (Fsp3) is 0.500. The van der Waals surface area contributed by atoms with E-state index in [1.165, 1.54) is 12.0 Å². The number of carbonyl (C=O) groups excluding carboxylic acids is 1. The fourth-order valence-electron chi connectivity index (χ4n) is 1.94. The summed E-state index contributed by atoms with van der Waals surface area (Å²) in [6, 6.07) is 8.05. The topological polar surface area (TPSA) is 41.1 Å². The van der Waals surface area contributed by atoms with E-state index in [2.05, 4.69) is 23.6 Å². The van der Waals surface area contributed by atoms with Gasteiger partial charge in [0.1, 0.15) is 0 Å². The summed E-state index contributed by atoms with van der Waals surface area (Å²) in [7, 11) is 0. The molecular formula is C14H20N2O. The molecule has 0 spiro atoms. The highest BCUT2D eigenvalue weighted by molar-refractivity contribution is 5.93. The molecule has 0 saturated heterocycles. The average Bonchev–Trinajstić information content (AvgIpc) is 2.24. The van der Waals surface area contributed by atoms with Crippen LogP contribution >= 0.6 is 0 Å². The molecule has 1 aromatic carbocycles. The van der Waals surface area contributed by atoms with Crippen LogP contribution in [0.1, 0.15) is 31.7 Å². The zero-order chi connectivity index (χ0) is 12.1. The Labute approximate surface area is 103 Å². The number of hydrogen-bond donors (Lipinski definition) is 2. The number of hydrogen-bond acceptors (Lipinski definition) is 2. The van der Waals surface area contributed by atoms with Gasteiger partial charge in [0.2, 0.25) is 5.91 Å². The Morgan fingerprint density at radius 1 is 1.41 bits per heavy atom. The van der Waals surface area contributed by atoms with E-state index in [0.717, 1.165) is 31.6 Å². The third-order valence-corrected chi connectivity index (χ3v) is 3.25. The molecule has 17 heavy (non-hydrogen) atoms. The van der Waals surface area contributed by atoms with E-state index >= 15 is 0 Å². The van der Waals surface area contributed by atoms with Gasteiger partial charge in [-0.1, -0.05) is 25.5 Å². The first kappa shape index (κ1) is 12.1. The first-order valence-corrected chi connectivity index (χ1v) is 6.40. The lowest BCUT2D eigenvalue weighted by molar-refractivity contribution is -0.122. The third kappa shape index (κ3) is 3.30. The molecule has 1 fully saturated rings. The quantitative estimate of drug-likeness (QED) is 0.819. The minimum atomic E-state index is 0.178. The lowest BCUT2D eigenvalue weighted by atomic mass is 9.85. The normalized spacial score (nSPS) is 15.4. The molecular weight excluding hydrogens is 212 g/mol. The van der Waals surface area contributed by atoms with Crippen LogP contribution in [0.3, 0.4) is 0 Å². The van der Waals surface area contributed by atoms with E-state index in [-0.39, 0.29) is 11.8 Å². The number of amides is 1. The maximum Gasteiger partial charge on any atom is 0.227 e. The summed E-state index contributed by atoms with van der Waals surface area (Å²) in [6.07, 6.45) is 3.28. The van der Waals surface area contributed by atoms with Crippen LogP contribution in [0.4, 0.5) is 5.69 Å². The molecule has 0 aliphatic heterocycles. The summed E-state index contributed by atoms with van der Waals surface area (Å²) in [5, 5.41) is 6.27. The standard InChI is InChI=1S/C14H20N2O/c1-2-15-10-11-5-3-8-13(9-11)16-14(17)12-6-4-7-12/h3,5,8-9,12,15H,2,4,6-7,10H2,1H3,(H,16,17). The second-order valence-electron chi connectivity index (χ2n) is 4.60. The van der Waals surface area contributed by atoms with Crippen LogP contribution in [0, 0.1) is 5.92 Å². The molecule has 1 amide bonds. The Morgan fingerprint density at radius 2 is 2.24 bits per heavy atom. The molecule has 0 atom stereocenters. The molecule has 3 nitrogen and oxygen atoms in total. The molecule has 0 radical (unpaired) electrons. The predicted octanol–water partition coefficient (Wildman–Crippen LogP) is 2.53. The van der Waals surface area contributed by atoms with Crippen LogP contribution in [0.5, 0.6) is 0 Å². The number of rotatable bonds is 5. The Kier molecular flexibility index (Phi) is 4.15. The summed E-state index contributed by atoms with van der Waals surface area (Å²) < 4.78 is 0. The van der Waals surface area contributed by atoms with E-state index < -0.39 is 0 Å². The smallest absolute Gasteiger partial charge is 0.227 e. The number of nitrogens with one attached hydrogen (secondary N) is 2. The van der Waals surface area contributed by atoms with Crippen molar-refractivity contribution in [1.29, 1.82) is 0 Å². The zero-order valence-corrected chi connectivity index (χ0v) is 10.3. The van der Waals surface area contributed by atoms with E-state index in [4.69, 9.17) is 0 Å². The van der Waals surface area contributed by atoms with Crippen molar-refractivity contribution in [1.82, 2.24) is 5.32 Å². The largest absolute Gasteiger partial charge is 0.326 e. The monoisotopic (exact) mass is 232 g/mol. The van der Waals surface area contributed by atoms with Crippen molar-refractivity contribution < 1.29 is 4.79 Å². The minimum Gasteiger partial charge on any atom is -0.326 e. The average molecular weight is 232 g/mol. The van der Waals surface area contributed by atoms with Crippen LogP contribution in [0.2, 0.25) is 0 Å². The second-order valence-corrected chi connectivity index (χ2v) is 4.60. The van der Waals surface area contributed by atoms with Gasteiger partial charge in [0.05, 0.1) is 0 Å². The highest BCUT2D eigenvalue weighted by Crippen LogP contribution is 2.27. The van der Waals surface area contributed by atoms with Crippen LogP contribution in [0.25, 0.3) is 0 Å². The summed E-state index contributed by atoms with van der Waals surface area (Å²) in [5.74, 6) is 0.421. The van der Waals surface area contributed by atoms with E-state index in [0.29, 0.717) is 0 Å². The van der Waals surface area contributed by atoms with Crippen molar-refractivity contribution in [2.45, 2.75) is 32.7 Å². The van der Waals surface area contributed by atoms with E-state index in [9.17, 15) is 4.79 Å². The molecule has 3 heteroatoms. The maximum absolute atomic E-state index is 11.8. The van der Waals surface area contributed by atoms with Gasteiger partial charge in [-0.15, -0.1) is 0 Å². The van der Waals surface area contributed by atoms with Crippen LogP contribution in [-0.4, -0.2) is 12.5 Å². The van der Waals surface area contributed by atoms with Crippen molar-refractivity contribution in [3.63, 3.8) is 0 Å². The van der Waals surface area contributed by atoms with Crippen LogP contribution < -0.4 is 10.6 Å². The van der Waals surface area contributed by atoms with Gasteiger partial charge < -0.3 is 10.6 Å².